The summed E-state index contributed by atoms with van der Waals surface area (Å²) >= 11 is 0. The molecule has 0 aliphatic carbocycles. The quantitative estimate of drug-likeness (QED) is 0.499. The second-order valence-corrected chi connectivity index (χ2v) is 6.86. The molecule has 0 spiro atoms. The summed E-state index contributed by atoms with van der Waals surface area (Å²) in [6.07, 6.45) is 1.79. The van der Waals surface area contributed by atoms with Crippen molar-refractivity contribution < 1.29 is 18.4 Å². The number of amides is 1. The number of rotatable bonds is 7. The van der Waals surface area contributed by atoms with Crippen LogP contribution in [0, 0.1) is 5.82 Å². The first-order valence-corrected chi connectivity index (χ1v) is 9.33. The van der Waals surface area contributed by atoms with E-state index in [1.165, 1.54) is 24.3 Å². The third-order valence-electron chi connectivity index (χ3n) is 4.32. The lowest BCUT2D eigenvalue weighted by molar-refractivity contribution is -0.123. The molecule has 0 aliphatic rings. The second-order valence-electron chi connectivity index (χ2n) is 6.86. The minimum absolute atomic E-state index is 0.142. The highest BCUT2D eigenvalue weighted by molar-refractivity contribution is 5.77. The lowest BCUT2D eigenvalue weighted by Gasteiger charge is -2.07. The molecule has 10 heteroatoms. The topological polar surface area (TPSA) is 107 Å². The van der Waals surface area contributed by atoms with Crippen molar-refractivity contribution in [3.63, 3.8) is 0 Å². The highest BCUT2D eigenvalue weighted by Gasteiger charge is 2.17. The average Bonchev–Trinajstić information content (AvgIpc) is 3.39. The zero-order chi connectivity index (χ0) is 21.1. The van der Waals surface area contributed by atoms with Crippen molar-refractivity contribution in [3.05, 3.63) is 60.1 Å². The van der Waals surface area contributed by atoms with Crippen molar-refractivity contribution in [2.75, 3.05) is 6.61 Å². The van der Waals surface area contributed by atoms with Crippen LogP contribution in [0.2, 0.25) is 0 Å². The van der Waals surface area contributed by atoms with E-state index in [0.717, 1.165) is 0 Å². The minimum Gasteiger partial charge on any atom is -0.484 e. The lowest BCUT2D eigenvalue weighted by atomic mass is 10.2. The van der Waals surface area contributed by atoms with Crippen molar-refractivity contribution >= 4 is 11.6 Å². The Morgan fingerprint density at radius 3 is 2.77 bits per heavy atom. The summed E-state index contributed by atoms with van der Waals surface area (Å²) in [5.74, 6) is 1.34. The highest BCUT2D eigenvalue weighted by atomic mass is 19.1. The van der Waals surface area contributed by atoms with Gasteiger partial charge in [-0.1, -0.05) is 19.0 Å². The fourth-order valence-electron chi connectivity index (χ4n) is 2.74. The van der Waals surface area contributed by atoms with Crippen LogP contribution in [0.3, 0.4) is 0 Å². The molecule has 3 heterocycles. The lowest BCUT2D eigenvalue weighted by Crippen LogP contribution is -2.29. The first-order chi connectivity index (χ1) is 14.5. The fourth-order valence-corrected chi connectivity index (χ4v) is 2.74. The van der Waals surface area contributed by atoms with Crippen molar-refractivity contribution in [2.45, 2.75) is 26.3 Å². The van der Waals surface area contributed by atoms with Crippen LogP contribution in [0.4, 0.5) is 4.39 Å². The van der Waals surface area contributed by atoms with Gasteiger partial charge in [-0.15, -0.1) is 10.2 Å². The summed E-state index contributed by atoms with van der Waals surface area (Å²) in [6.45, 7) is 3.91. The van der Waals surface area contributed by atoms with Gasteiger partial charge in [0.25, 0.3) is 11.8 Å². The molecule has 154 valence electrons. The van der Waals surface area contributed by atoms with Gasteiger partial charge in [0.15, 0.2) is 23.9 Å². The molecule has 0 radical (unpaired) electrons. The van der Waals surface area contributed by atoms with Crippen molar-refractivity contribution in [1.82, 2.24) is 30.1 Å². The molecule has 1 amide bonds. The van der Waals surface area contributed by atoms with Crippen LogP contribution in [0.1, 0.15) is 31.4 Å². The number of fused-ring (bicyclic) bond motifs is 1. The Hall–Kier alpha value is -3.82. The van der Waals surface area contributed by atoms with E-state index < -0.39 is 0 Å². The molecule has 4 aromatic rings. The molecule has 3 aromatic heterocycles. The van der Waals surface area contributed by atoms with Gasteiger partial charge in [0.2, 0.25) is 0 Å². The van der Waals surface area contributed by atoms with Gasteiger partial charge in [0.05, 0.1) is 12.1 Å². The molecule has 0 saturated carbocycles. The molecule has 0 atom stereocenters. The number of pyridine rings is 1. The Bertz CT molecular complexity index is 1170. The molecule has 0 bridgehead atoms. The van der Waals surface area contributed by atoms with Gasteiger partial charge >= 0.3 is 0 Å². The van der Waals surface area contributed by atoms with Gasteiger partial charge in [-0.3, -0.25) is 9.20 Å². The maximum absolute atomic E-state index is 12.9. The third-order valence-corrected chi connectivity index (χ3v) is 4.32. The van der Waals surface area contributed by atoms with E-state index >= 15 is 0 Å². The molecule has 1 N–H and O–H groups in total. The van der Waals surface area contributed by atoms with E-state index in [1.54, 1.807) is 10.6 Å². The van der Waals surface area contributed by atoms with E-state index in [9.17, 15) is 9.18 Å². The molecule has 0 aliphatic heterocycles. The molecular weight excluding hydrogens is 391 g/mol. The predicted molar refractivity (Wildman–Crippen MR) is 104 cm³/mol. The second kappa shape index (κ2) is 8.27. The van der Waals surface area contributed by atoms with Crippen LogP contribution in [0.25, 0.3) is 17.1 Å². The largest absolute Gasteiger partial charge is 0.484 e. The third kappa shape index (κ3) is 4.12. The minimum atomic E-state index is -0.370. The van der Waals surface area contributed by atoms with Gasteiger partial charge in [-0.2, -0.15) is 4.98 Å². The fraction of sp³-hybridized carbons (Fsp3) is 0.250. The van der Waals surface area contributed by atoms with Crippen molar-refractivity contribution in [2.24, 2.45) is 0 Å². The molecule has 0 unspecified atom stereocenters. The number of hydrogen-bond acceptors (Lipinski definition) is 7. The number of nitrogens with one attached hydrogen (secondary N) is 1. The summed E-state index contributed by atoms with van der Waals surface area (Å²) in [7, 11) is 0. The van der Waals surface area contributed by atoms with Crippen LogP contribution < -0.4 is 10.1 Å². The van der Waals surface area contributed by atoms with Crippen molar-refractivity contribution in [1.29, 1.82) is 0 Å². The molecule has 1 aromatic carbocycles. The van der Waals surface area contributed by atoms with Crippen LogP contribution in [-0.2, 0) is 11.3 Å². The maximum atomic E-state index is 12.9. The van der Waals surface area contributed by atoms with Crippen LogP contribution in [0.5, 0.6) is 5.75 Å². The number of hydrogen-bond donors (Lipinski definition) is 1. The van der Waals surface area contributed by atoms with Gasteiger partial charge < -0.3 is 14.6 Å². The summed E-state index contributed by atoms with van der Waals surface area (Å²) in [5.41, 5.74) is 1.20. The molecule has 0 fully saturated rings. The SMILES string of the molecule is CC(C)c1noc(-c2cccn3c(CNC(=O)COc4ccc(F)cc4)nnc23)n1. The number of aromatic nitrogens is 5. The predicted octanol–water partition coefficient (Wildman–Crippen LogP) is 2.74. The standard InChI is InChI=1S/C20H19FN6O3/c1-12(2)18-23-20(30-26-18)15-4-3-9-27-16(24-25-19(15)27)10-22-17(28)11-29-14-7-5-13(21)6-8-14/h3-9,12H,10-11H2,1-2H3,(H,22,28). The Balaban J connectivity index is 1.43. The van der Waals surface area contributed by atoms with Crippen LogP contribution in [0.15, 0.2) is 47.1 Å². The van der Waals surface area contributed by atoms with Gasteiger partial charge in [-0.05, 0) is 36.4 Å². The van der Waals surface area contributed by atoms with E-state index in [2.05, 4.69) is 25.7 Å². The molecule has 30 heavy (non-hydrogen) atoms. The molecule has 9 nitrogen and oxygen atoms in total. The highest BCUT2D eigenvalue weighted by Crippen LogP contribution is 2.23. The first kappa shape index (κ1) is 19.5. The summed E-state index contributed by atoms with van der Waals surface area (Å²) < 4.78 is 25.3. The number of halogens is 1. The van der Waals surface area contributed by atoms with Gasteiger partial charge in [-0.25, -0.2) is 4.39 Å². The maximum Gasteiger partial charge on any atom is 0.261 e. The number of nitrogens with zero attached hydrogens (tertiary/aromatic N) is 5. The van der Waals surface area contributed by atoms with Crippen LogP contribution in [-0.4, -0.2) is 37.3 Å². The zero-order valence-electron chi connectivity index (χ0n) is 16.4. The number of ether oxygens (including phenoxy) is 1. The Morgan fingerprint density at radius 1 is 1.23 bits per heavy atom. The monoisotopic (exact) mass is 410 g/mol. The number of carbonyl (C=O) groups is 1. The van der Waals surface area contributed by atoms with Crippen LogP contribution >= 0.6 is 0 Å². The van der Waals surface area contributed by atoms with Gasteiger partial charge in [0.1, 0.15) is 11.6 Å². The summed E-state index contributed by atoms with van der Waals surface area (Å²) in [4.78, 5) is 16.5. The molecule has 4 rings (SSSR count). The Kier molecular flexibility index (Phi) is 5.38. The normalized spacial score (nSPS) is 11.2. The smallest absolute Gasteiger partial charge is 0.261 e. The number of carbonyl (C=O) groups excluding carboxylic acids is 1. The zero-order valence-corrected chi connectivity index (χ0v) is 16.4. The van der Waals surface area contributed by atoms with E-state index in [1.807, 2.05) is 26.0 Å². The Labute approximate surface area is 170 Å². The average molecular weight is 410 g/mol. The summed E-state index contributed by atoms with van der Waals surface area (Å²) in [6, 6.07) is 9.08. The first-order valence-electron chi connectivity index (χ1n) is 9.33. The van der Waals surface area contributed by atoms with E-state index in [-0.39, 0.29) is 30.8 Å². The Morgan fingerprint density at radius 2 is 2.03 bits per heavy atom. The molecular formula is C20H19FN6O3. The van der Waals surface area contributed by atoms with Gasteiger partial charge in [0, 0.05) is 12.1 Å². The number of benzene rings is 1. The van der Waals surface area contributed by atoms with E-state index in [4.69, 9.17) is 9.26 Å². The van der Waals surface area contributed by atoms with E-state index in [0.29, 0.717) is 34.5 Å². The molecule has 0 saturated heterocycles. The van der Waals surface area contributed by atoms with Crippen molar-refractivity contribution in [3.8, 4) is 17.2 Å². The summed E-state index contributed by atoms with van der Waals surface area (Å²) in [5, 5.41) is 15.0.